The molecule has 90 valence electrons. The van der Waals surface area contributed by atoms with Crippen LogP contribution in [0.25, 0.3) is 0 Å². The van der Waals surface area contributed by atoms with Gasteiger partial charge in [-0.3, -0.25) is 0 Å². The fourth-order valence-corrected chi connectivity index (χ4v) is 1.97. The van der Waals surface area contributed by atoms with Crippen LogP contribution in [0.3, 0.4) is 0 Å². The average Bonchev–Trinajstić information content (AvgIpc) is 2.35. The van der Waals surface area contributed by atoms with Crippen molar-refractivity contribution in [3.63, 3.8) is 0 Å². The van der Waals surface area contributed by atoms with Crippen LogP contribution in [0.15, 0.2) is 28.4 Å². The highest BCUT2D eigenvalue weighted by atomic mass is 16.5. The van der Waals surface area contributed by atoms with Gasteiger partial charge < -0.3 is 16.2 Å². The summed E-state index contributed by atoms with van der Waals surface area (Å²) < 4.78 is 5.21. The van der Waals surface area contributed by atoms with Crippen molar-refractivity contribution in [1.82, 2.24) is 0 Å². The molecule has 0 atom stereocenters. The van der Waals surface area contributed by atoms with Gasteiger partial charge in [0.1, 0.15) is 5.75 Å². The highest BCUT2D eigenvalue weighted by Gasteiger charge is 2.16. The largest absolute Gasteiger partial charge is 0.497 e. The molecule has 1 aliphatic carbocycles. The number of guanidine groups is 1. The zero-order valence-electron chi connectivity index (χ0n) is 9.81. The topological polar surface area (TPSA) is 86.0 Å². The Morgan fingerprint density at radius 3 is 2.82 bits per heavy atom. The second-order valence-electron chi connectivity index (χ2n) is 3.95. The van der Waals surface area contributed by atoms with Crippen molar-refractivity contribution in [2.75, 3.05) is 7.11 Å². The van der Waals surface area contributed by atoms with E-state index in [-0.39, 0.29) is 5.96 Å². The molecule has 0 spiro atoms. The van der Waals surface area contributed by atoms with E-state index in [4.69, 9.17) is 16.2 Å². The molecule has 1 aromatic rings. The van der Waals surface area contributed by atoms with Crippen molar-refractivity contribution >= 4 is 11.7 Å². The molecule has 0 amide bonds. The third-order valence-corrected chi connectivity index (χ3v) is 2.77. The summed E-state index contributed by atoms with van der Waals surface area (Å²) in [5, 5.41) is 7.82. The van der Waals surface area contributed by atoms with E-state index in [1.165, 1.54) is 5.56 Å². The smallest absolute Gasteiger partial charge is 0.211 e. The Labute approximate surface area is 100 Å². The lowest BCUT2D eigenvalue weighted by Crippen LogP contribution is -2.22. The molecule has 1 aliphatic rings. The minimum absolute atomic E-state index is 0.0208. The van der Waals surface area contributed by atoms with Gasteiger partial charge in [0.15, 0.2) is 0 Å². The molecule has 1 aromatic carbocycles. The van der Waals surface area contributed by atoms with Crippen LogP contribution < -0.4 is 16.2 Å². The molecule has 0 radical (unpaired) electrons. The number of ether oxygens (including phenoxy) is 1. The van der Waals surface area contributed by atoms with E-state index in [2.05, 4.69) is 16.3 Å². The van der Waals surface area contributed by atoms with Gasteiger partial charge in [-0.25, -0.2) is 0 Å². The molecule has 0 bridgehead atoms. The molecule has 2 rings (SSSR count). The summed E-state index contributed by atoms with van der Waals surface area (Å²) in [4.78, 5) is 0. The summed E-state index contributed by atoms with van der Waals surface area (Å²) >= 11 is 0. The fourth-order valence-electron chi connectivity index (χ4n) is 1.97. The number of aryl methyl sites for hydroxylation is 1. The maximum Gasteiger partial charge on any atom is 0.211 e. The normalized spacial score (nSPS) is 16.4. The van der Waals surface area contributed by atoms with Gasteiger partial charge in [-0.1, -0.05) is 6.07 Å². The summed E-state index contributed by atoms with van der Waals surface area (Å²) in [7, 11) is 1.65. The van der Waals surface area contributed by atoms with Crippen molar-refractivity contribution in [3.8, 4) is 5.75 Å². The average molecular weight is 232 g/mol. The van der Waals surface area contributed by atoms with Crippen LogP contribution in [0.2, 0.25) is 0 Å². The van der Waals surface area contributed by atoms with Crippen LogP contribution in [0.5, 0.6) is 5.75 Å². The van der Waals surface area contributed by atoms with Crippen LogP contribution in [-0.2, 0) is 6.42 Å². The zero-order chi connectivity index (χ0) is 12.3. The molecule has 0 aliphatic heterocycles. The van der Waals surface area contributed by atoms with Crippen molar-refractivity contribution in [2.45, 2.75) is 19.3 Å². The number of benzene rings is 1. The van der Waals surface area contributed by atoms with Gasteiger partial charge in [0, 0.05) is 5.56 Å². The number of fused-ring (bicyclic) bond motifs is 1. The van der Waals surface area contributed by atoms with Crippen molar-refractivity contribution in [2.24, 2.45) is 21.7 Å². The fraction of sp³-hybridized carbons (Fsp3) is 0.333. The lowest BCUT2D eigenvalue weighted by molar-refractivity contribution is 0.414. The predicted molar refractivity (Wildman–Crippen MR) is 68.3 cm³/mol. The Bertz CT molecular complexity index is 475. The van der Waals surface area contributed by atoms with Gasteiger partial charge in [0.2, 0.25) is 5.96 Å². The monoisotopic (exact) mass is 232 g/mol. The summed E-state index contributed by atoms with van der Waals surface area (Å²) in [6.07, 6.45) is 3.01. The third-order valence-electron chi connectivity index (χ3n) is 2.77. The highest BCUT2D eigenvalue weighted by Crippen LogP contribution is 2.25. The van der Waals surface area contributed by atoms with E-state index in [1.54, 1.807) is 7.11 Å². The number of nitrogens with zero attached hydrogens (tertiary/aromatic N) is 2. The van der Waals surface area contributed by atoms with E-state index in [0.717, 1.165) is 36.3 Å². The summed E-state index contributed by atoms with van der Waals surface area (Å²) in [6.45, 7) is 0. The van der Waals surface area contributed by atoms with Gasteiger partial charge in [0.05, 0.1) is 12.8 Å². The molecule has 0 aromatic heterocycles. The molecular weight excluding hydrogens is 216 g/mol. The molecule has 0 heterocycles. The molecule has 4 N–H and O–H groups in total. The molecular formula is C12H16N4O. The van der Waals surface area contributed by atoms with E-state index in [9.17, 15) is 0 Å². The van der Waals surface area contributed by atoms with Crippen molar-refractivity contribution < 1.29 is 4.74 Å². The summed E-state index contributed by atoms with van der Waals surface area (Å²) in [5.74, 6) is 0.801. The first-order chi connectivity index (χ1) is 8.20. The molecule has 5 nitrogen and oxygen atoms in total. The van der Waals surface area contributed by atoms with E-state index in [0.29, 0.717) is 0 Å². The van der Waals surface area contributed by atoms with Gasteiger partial charge >= 0.3 is 0 Å². The highest BCUT2D eigenvalue weighted by molar-refractivity contribution is 6.03. The Hall–Kier alpha value is -2.04. The van der Waals surface area contributed by atoms with Gasteiger partial charge in [-0.05, 0) is 37.0 Å². The molecule has 17 heavy (non-hydrogen) atoms. The second-order valence-corrected chi connectivity index (χ2v) is 3.95. The summed E-state index contributed by atoms with van der Waals surface area (Å²) in [5.41, 5.74) is 13.8. The number of hydrogen-bond donors (Lipinski definition) is 2. The number of hydrogen-bond acceptors (Lipinski definition) is 3. The first kappa shape index (κ1) is 11.4. The van der Waals surface area contributed by atoms with Gasteiger partial charge in [-0.2, -0.15) is 5.10 Å². The minimum Gasteiger partial charge on any atom is -0.497 e. The first-order valence-corrected chi connectivity index (χ1v) is 5.53. The Balaban J connectivity index is 2.42. The van der Waals surface area contributed by atoms with Crippen LogP contribution in [0.4, 0.5) is 0 Å². The van der Waals surface area contributed by atoms with Crippen LogP contribution >= 0.6 is 0 Å². The Morgan fingerprint density at radius 2 is 2.12 bits per heavy atom. The zero-order valence-corrected chi connectivity index (χ0v) is 9.81. The quantitative estimate of drug-likeness (QED) is 0.453. The molecule has 0 saturated heterocycles. The SMILES string of the molecule is COc1ccc2c(c1)/C(=N/N=C(N)N)CCC2. The maximum atomic E-state index is 5.28. The molecule has 0 unspecified atom stereocenters. The Kier molecular flexibility index (Phi) is 3.27. The number of rotatable bonds is 2. The van der Waals surface area contributed by atoms with E-state index < -0.39 is 0 Å². The van der Waals surface area contributed by atoms with Crippen molar-refractivity contribution in [1.29, 1.82) is 0 Å². The Morgan fingerprint density at radius 1 is 1.29 bits per heavy atom. The lowest BCUT2D eigenvalue weighted by atomic mass is 9.90. The number of nitrogens with two attached hydrogens (primary N) is 2. The summed E-state index contributed by atoms with van der Waals surface area (Å²) in [6, 6.07) is 6.01. The standard InChI is InChI=1S/C12H16N4O/c1-17-9-6-5-8-3-2-4-11(10(8)7-9)15-16-12(13)14/h5-7H,2-4H2,1H3,(H4,13,14,16)/b15-11+. The van der Waals surface area contributed by atoms with Crippen molar-refractivity contribution in [3.05, 3.63) is 29.3 Å². The third kappa shape index (κ3) is 2.55. The van der Waals surface area contributed by atoms with Gasteiger partial charge in [-0.15, -0.1) is 5.10 Å². The first-order valence-electron chi connectivity index (χ1n) is 5.53. The number of methoxy groups -OCH3 is 1. The second kappa shape index (κ2) is 4.86. The minimum atomic E-state index is -0.0208. The predicted octanol–water partition coefficient (Wildman–Crippen LogP) is 1.01. The molecule has 0 fully saturated rings. The van der Waals surface area contributed by atoms with E-state index in [1.807, 2.05) is 12.1 Å². The molecule has 0 saturated carbocycles. The van der Waals surface area contributed by atoms with Crippen LogP contribution in [-0.4, -0.2) is 18.8 Å². The molecule has 5 heteroatoms. The van der Waals surface area contributed by atoms with Gasteiger partial charge in [0.25, 0.3) is 0 Å². The lowest BCUT2D eigenvalue weighted by Gasteiger charge is -2.17. The van der Waals surface area contributed by atoms with Crippen LogP contribution in [0, 0.1) is 0 Å². The van der Waals surface area contributed by atoms with E-state index >= 15 is 0 Å². The van der Waals surface area contributed by atoms with Crippen LogP contribution in [0.1, 0.15) is 24.0 Å². The maximum absolute atomic E-state index is 5.28.